The van der Waals surface area contributed by atoms with E-state index >= 15 is 0 Å². The fourth-order valence-electron chi connectivity index (χ4n) is 2.12. The first-order valence-corrected chi connectivity index (χ1v) is 6.33. The predicted molar refractivity (Wildman–Crippen MR) is 77.2 cm³/mol. The highest BCUT2D eigenvalue weighted by atomic mass is 19.1. The lowest BCUT2D eigenvalue weighted by atomic mass is 10.1. The molecule has 2 N–H and O–H groups in total. The third-order valence-electron chi connectivity index (χ3n) is 3.22. The van der Waals surface area contributed by atoms with Crippen LogP contribution in [-0.2, 0) is 13.1 Å². The Hall–Kier alpha value is -1.87. The minimum absolute atomic E-state index is 0.239. The van der Waals surface area contributed by atoms with Crippen molar-refractivity contribution in [2.45, 2.75) is 20.0 Å². The fourth-order valence-corrected chi connectivity index (χ4v) is 2.12. The number of nitrogens with zero attached hydrogens (tertiary/aromatic N) is 1. The molecular formula is C16H19FN2. The fraction of sp³-hybridized carbons (Fsp3) is 0.250. The number of anilines is 1. The summed E-state index contributed by atoms with van der Waals surface area (Å²) in [6, 6.07) is 13.1. The molecule has 2 rings (SSSR count). The lowest BCUT2D eigenvalue weighted by Gasteiger charge is -2.18. The number of halogens is 1. The SMILES string of the molecule is Cc1ccccc1CN(C)Cc1ccc(N)cc1F. The summed E-state index contributed by atoms with van der Waals surface area (Å²) in [7, 11) is 1.99. The average Bonchev–Trinajstić information content (AvgIpc) is 2.36. The van der Waals surface area contributed by atoms with Crippen molar-refractivity contribution in [1.82, 2.24) is 4.90 Å². The Morgan fingerprint density at radius 1 is 1.05 bits per heavy atom. The highest BCUT2D eigenvalue weighted by molar-refractivity contribution is 5.40. The van der Waals surface area contributed by atoms with Gasteiger partial charge in [-0.1, -0.05) is 30.3 Å². The second kappa shape index (κ2) is 5.85. The van der Waals surface area contributed by atoms with E-state index in [0.717, 1.165) is 6.54 Å². The Morgan fingerprint density at radius 2 is 1.74 bits per heavy atom. The summed E-state index contributed by atoms with van der Waals surface area (Å²) in [5.41, 5.74) is 9.20. The van der Waals surface area contributed by atoms with Crippen molar-refractivity contribution >= 4 is 5.69 Å². The van der Waals surface area contributed by atoms with Crippen LogP contribution in [0.3, 0.4) is 0 Å². The van der Waals surface area contributed by atoms with Gasteiger partial charge in [-0.05, 0) is 37.2 Å². The van der Waals surface area contributed by atoms with E-state index in [9.17, 15) is 4.39 Å². The normalized spacial score (nSPS) is 10.9. The molecule has 0 amide bonds. The van der Waals surface area contributed by atoms with Gasteiger partial charge < -0.3 is 5.73 Å². The molecule has 0 aliphatic heterocycles. The Morgan fingerprint density at radius 3 is 2.42 bits per heavy atom. The molecule has 0 radical (unpaired) electrons. The molecule has 100 valence electrons. The molecular weight excluding hydrogens is 239 g/mol. The van der Waals surface area contributed by atoms with Crippen LogP contribution in [-0.4, -0.2) is 11.9 Å². The number of aryl methyl sites for hydroxylation is 1. The van der Waals surface area contributed by atoms with Gasteiger partial charge in [-0.15, -0.1) is 0 Å². The van der Waals surface area contributed by atoms with Crippen LogP contribution in [0.5, 0.6) is 0 Å². The number of hydrogen-bond acceptors (Lipinski definition) is 2. The summed E-state index contributed by atoms with van der Waals surface area (Å²) < 4.78 is 13.7. The van der Waals surface area contributed by atoms with E-state index in [0.29, 0.717) is 17.8 Å². The summed E-state index contributed by atoms with van der Waals surface area (Å²) in [5, 5.41) is 0. The van der Waals surface area contributed by atoms with Gasteiger partial charge in [0.1, 0.15) is 5.82 Å². The van der Waals surface area contributed by atoms with Crippen molar-refractivity contribution in [3.63, 3.8) is 0 Å². The number of hydrogen-bond donors (Lipinski definition) is 1. The van der Waals surface area contributed by atoms with Crippen LogP contribution in [0.25, 0.3) is 0 Å². The van der Waals surface area contributed by atoms with Crippen LogP contribution in [0.4, 0.5) is 10.1 Å². The average molecular weight is 258 g/mol. The molecule has 0 saturated heterocycles. The first-order chi connectivity index (χ1) is 9.06. The number of nitrogens with two attached hydrogens (primary N) is 1. The van der Waals surface area contributed by atoms with Crippen LogP contribution >= 0.6 is 0 Å². The van der Waals surface area contributed by atoms with Crippen LogP contribution in [0.1, 0.15) is 16.7 Å². The Bertz CT molecular complexity index is 566. The quantitative estimate of drug-likeness (QED) is 0.852. The molecule has 0 aliphatic rings. The van der Waals surface area contributed by atoms with Crippen LogP contribution in [0.15, 0.2) is 42.5 Å². The van der Waals surface area contributed by atoms with Crippen molar-refractivity contribution in [2.24, 2.45) is 0 Å². The smallest absolute Gasteiger partial charge is 0.129 e. The summed E-state index contributed by atoms with van der Waals surface area (Å²) in [4.78, 5) is 2.09. The molecule has 0 unspecified atom stereocenters. The van der Waals surface area contributed by atoms with Gasteiger partial charge in [0, 0.05) is 24.3 Å². The molecule has 0 heterocycles. The van der Waals surface area contributed by atoms with E-state index in [1.54, 1.807) is 12.1 Å². The zero-order valence-electron chi connectivity index (χ0n) is 11.4. The van der Waals surface area contributed by atoms with Gasteiger partial charge in [0.25, 0.3) is 0 Å². The van der Waals surface area contributed by atoms with E-state index in [1.165, 1.54) is 17.2 Å². The van der Waals surface area contributed by atoms with Crippen LogP contribution in [0, 0.1) is 12.7 Å². The Labute approximate surface area is 113 Å². The van der Waals surface area contributed by atoms with E-state index in [2.05, 4.69) is 24.0 Å². The zero-order chi connectivity index (χ0) is 13.8. The van der Waals surface area contributed by atoms with E-state index in [-0.39, 0.29) is 5.82 Å². The molecule has 3 heteroatoms. The number of rotatable bonds is 4. The lowest BCUT2D eigenvalue weighted by molar-refractivity contribution is 0.313. The molecule has 0 spiro atoms. The molecule has 2 aromatic carbocycles. The van der Waals surface area contributed by atoms with Crippen molar-refractivity contribution in [3.8, 4) is 0 Å². The van der Waals surface area contributed by atoms with Crippen molar-refractivity contribution < 1.29 is 4.39 Å². The minimum Gasteiger partial charge on any atom is -0.399 e. The van der Waals surface area contributed by atoms with Gasteiger partial charge >= 0.3 is 0 Å². The third-order valence-corrected chi connectivity index (χ3v) is 3.22. The minimum atomic E-state index is -0.239. The van der Waals surface area contributed by atoms with E-state index in [1.807, 2.05) is 19.2 Å². The molecule has 0 fully saturated rings. The zero-order valence-corrected chi connectivity index (χ0v) is 11.4. The molecule has 0 saturated carbocycles. The number of nitrogen functional groups attached to an aromatic ring is 1. The van der Waals surface area contributed by atoms with Crippen molar-refractivity contribution in [2.75, 3.05) is 12.8 Å². The van der Waals surface area contributed by atoms with Gasteiger partial charge in [-0.2, -0.15) is 0 Å². The van der Waals surface area contributed by atoms with Gasteiger partial charge in [0.05, 0.1) is 0 Å². The summed E-state index contributed by atoms with van der Waals surface area (Å²) in [5.74, 6) is -0.239. The second-order valence-corrected chi connectivity index (χ2v) is 4.95. The summed E-state index contributed by atoms with van der Waals surface area (Å²) in [6.07, 6.45) is 0. The third kappa shape index (κ3) is 3.55. The predicted octanol–water partition coefficient (Wildman–Crippen LogP) is 3.35. The molecule has 0 atom stereocenters. The molecule has 0 aromatic heterocycles. The monoisotopic (exact) mass is 258 g/mol. The Kier molecular flexibility index (Phi) is 4.17. The molecule has 19 heavy (non-hydrogen) atoms. The van der Waals surface area contributed by atoms with Gasteiger partial charge in [0.15, 0.2) is 0 Å². The van der Waals surface area contributed by atoms with Gasteiger partial charge in [0.2, 0.25) is 0 Å². The Balaban J connectivity index is 2.05. The standard InChI is InChI=1S/C16H19FN2/c1-12-5-3-4-6-13(12)10-19(2)11-14-7-8-15(18)9-16(14)17/h3-9H,10-11,18H2,1-2H3. The maximum atomic E-state index is 13.7. The topological polar surface area (TPSA) is 29.3 Å². The maximum absolute atomic E-state index is 13.7. The van der Waals surface area contributed by atoms with Crippen molar-refractivity contribution in [1.29, 1.82) is 0 Å². The van der Waals surface area contributed by atoms with E-state index < -0.39 is 0 Å². The molecule has 2 aromatic rings. The first-order valence-electron chi connectivity index (χ1n) is 6.33. The van der Waals surface area contributed by atoms with Gasteiger partial charge in [-0.25, -0.2) is 4.39 Å². The lowest BCUT2D eigenvalue weighted by Crippen LogP contribution is -2.18. The maximum Gasteiger partial charge on any atom is 0.129 e. The van der Waals surface area contributed by atoms with Crippen molar-refractivity contribution in [3.05, 3.63) is 65.0 Å². The van der Waals surface area contributed by atoms with Gasteiger partial charge in [-0.3, -0.25) is 4.90 Å². The largest absolute Gasteiger partial charge is 0.399 e. The molecule has 2 nitrogen and oxygen atoms in total. The first kappa shape index (κ1) is 13.6. The number of benzene rings is 2. The second-order valence-electron chi connectivity index (χ2n) is 4.95. The van der Waals surface area contributed by atoms with Crippen LogP contribution in [0.2, 0.25) is 0 Å². The highest BCUT2D eigenvalue weighted by Crippen LogP contribution is 2.16. The summed E-state index contributed by atoms with van der Waals surface area (Å²) in [6.45, 7) is 3.46. The highest BCUT2D eigenvalue weighted by Gasteiger charge is 2.07. The van der Waals surface area contributed by atoms with Crippen LogP contribution < -0.4 is 5.73 Å². The van der Waals surface area contributed by atoms with E-state index in [4.69, 9.17) is 5.73 Å². The molecule has 0 bridgehead atoms. The molecule has 0 aliphatic carbocycles. The summed E-state index contributed by atoms with van der Waals surface area (Å²) >= 11 is 0.